The summed E-state index contributed by atoms with van der Waals surface area (Å²) in [5.41, 5.74) is 0.552. The van der Waals surface area contributed by atoms with E-state index in [9.17, 15) is 5.11 Å². The lowest BCUT2D eigenvalue weighted by molar-refractivity contribution is -0.0449. The summed E-state index contributed by atoms with van der Waals surface area (Å²) in [4.78, 5) is 0. The van der Waals surface area contributed by atoms with E-state index in [-0.39, 0.29) is 11.5 Å². The molecule has 1 aliphatic rings. The number of aliphatic hydroxyl groups excluding tert-OH is 1. The molecule has 1 aromatic rings. The maximum Gasteiger partial charge on any atom is 0.126 e. The van der Waals surface area contributed by atoms with Crippen LogP contribution in [0.4, 0.5) is 0 Å². The smallest absolute Gasteiger partial charge is 0.126 e. The van der Waals surface area contributed by atoms with Gasteiger partial charge in [0.15, 0.2) is 0 Å². The molecule has 0 spiro atoms. The van der Waals surface area contributed by atoms with Crippen LogP contribution in [0.25, 0.3) is 0 Å². The van der Waals surface area contributed by atoms with Gasteiger partial charge in [-0.05, 0) is 32.0 Å². The third-order valence-electron chi connectivity index (χ3n) is 3.23. The van der Waals surface area contributed by atoms with Gasteiger partial charge in [0.25, 0.3) is 0 Å². The highest BCUT2D eigenvalue weighted by atomic mass is 79.9. The van der Waals surface area contributed by atoms with E-state index in [4.69, 9.17) is 4.74 Å². The molecule has 0 bridgehead atoms. The fraction of sp³-hybridized carbons (Fsp3) is 0.500. The normalized spacial score (nSPS) is 28.1. The molecule has 1 aromatic carbocycles. The van der Waals surface area contributed by atoms with Crippen LogP contribution in [0.5, 0.6) is 5.75 Å². The van der Waals surface area contributed by atoms with Gasteiger partial charge in [0.1, 0.15) is 11.4 Å². The van der Waals surface area contributed by atoms with Crippen molar-refractivity contribution in [2.75, 3.05) is 0 Å². The largest absolute Gasteiger partial charge is 0.487 e. The van der Waals surface area contributed by atoms with Gasteiger partial charge in [0.2, 0.25) is 0 Å². The van der Waals surface area contributed by atoms with Crippen molar-refractivity contribution in [3.8, 4) is 5.75 Å². The lowest BCUT2D eigenvalue weighted by Crippen LogP contribution is -2.42. The number of halogens is 1. The summed E-state index contributed by atoms with van der Waals surface area (Å²) in [5, 5.41) is 10.2. The van der Waals surface area contributed by atoms with Crippen molar-refractivity contribution in [2.45, 2.75) is 32.5 Å². The summed E-state index contributed by atoms with van der Waals surface area (Å²) in [6, 6.07) is 5.75. The third-order valence-corrected chi connectivity index (χ3v) is 3.73. The fourth-order valence-electron chi connectivity index (χ4n) is 1.87. The Morgan fingerprint density at radius 3 is 2.73 bits per heavy atom. The maximum absolute atomic E-state index is 10.2. The van der Waals surface area contributed by atoms with Crippen molar-refractivity contribution in [2.24, 2.45) is 5.92 Å². The number of ether oxygens (including phenoxy) is 1. The van der Waals surface area contributed by atoms with Crippen LogP contribution < -0.4 is 4.74 Å². The highest BCUT2D eigenvalue weighted by molar-refractivity contribution is 9.10. The Morgan fingerprint density at radius 1 is 1.40 bits per heavy atom. The second-order valence-corrected chi connectivity index (χ2v) is 5.54. The molecule has 0 saturated carbocycles. The molecule has 82 valence electrons. The van der Waals surface area contributed by atoms with Gasteiger partial charge < -0.3 is 9.84 Å². The van der Waals surface area contributed by atoms with Gasteiger partial charge in [-0.2, -0.15) is 0 Å². The Morgan fingerprint density at radius 2 is 2.07 bits per heavy atom. The first-order valence-electron chi connectivity index (χ1n) is 5.08. The third kappa shape index (κ3) is 1.79. The predicted molar refractivity (Wildman–Crippen MR) is 63.0 cm³/mol. The number of hydrogen-bond donors (Lipinski definition) is 1. The Hall–Kier alpha value is -0.540. The predicted octanol–water partition coefficient (Wildman–Crippen LogP) is 3.29. The molecule has 2 nitrogen and oxygen atoms in total. The lowest BCUT2D eigenvalue weighted by Gasteiger charge is -2.41. The monoisotopic (exact) mass is 270 g/mol. The van der Waals surface area contributed by atoms with Crippen LogP contribution in [0, 0.1) is 5.92 Å². The topological polar surface area (TPSA) is 29.5 Å². The molecule has 2 unspecified atom stereocenters. The minimum absolute atomic E-state index is 0.0827. The molecule has 1 N–H and O–H groups in total. The van der Waals surface area contributed by atoms with Crippen molar-refractivity contribution in [3.05, 3.63) is 28.2 Å². The van der Waals surface area contributed by atoms with E-state index < -0.39 is 6.10 Å². The van der Waals surface area contributed by atoms with Crippen LogP contribution in [0.1, 0.15) is 32.4 Å². The first kappa shape index (κ1) is 11.0. The summed E-state index contributed by atoms with van der Waals surface area (Å²) in [7, 11) is 0. The summed E-state index contributed by atoms with van der Waals surface area (Å²) in [5.74, 6) is 0.869. The highest BCUT2D eigenvalue weighted by Crippen LogP contribution is 2.44. The van der Waals surface area contributed by atoms with Crippen molar-refractivity contribution >= 4 is 15.9 Å². The molecular formula is C12H15BrO2. The molecule has 1 heterocycles. The first-order chi connectivity index (χ1) is 6.92. The second-order valence-electron chi connectivity index (χ2n) is 4.62. The van der Waals surface area contributed by atoms with Gasteiger partial charge in [-0.15, -0.1) is 0 Å². The zero-order valence-electron chi connectivity index (χ0n) is 9.12. The van der Waals surface area contributed by atoms with E-state index in [0.717, 1.165) is 15.8 Å². The van der Waals surface area contributed by atoms with Crippen LogP contribution in [0.3, 0.4) is 0 Å². The Balaban J connectivity index is 2.50. The van der Waals surface area contributed by atoms with Gasteiger partial charge in [0.05, 0.1) is 6.10 Å². The molecular weight excluding hydrogens is 256 g/mol. The fourth-order valence-corrected chi connectivity index (χ4v) is 2.25. The van der Waals surface area contributed by atoms with Crippen molar-refractivity contribution in [1.82, 2.24) is 0 Å². The standard InChI is InChI=1S/C12H15BrO2/c1-7-11(14)9-6-8(13)4-5-10(9)15-12(7,2)3/h4-7,11,14H,1-3H3. The van der Waals surface area contributed by atoms with Crippen molar-refractivity contribution < 1.29 is 9.84 Å². The minimum Gasteiger partial charge on any atom is -0.487 e. The highest BCUT2D eigenvalue weighted by Gasteiger charge is 2.39. The average molecular weight is 271 g/mol. The van der Waals surface area contributed by atoms with Gasteiger partial charge in [-0.3, -0.25) is 0 Å². The number of benzene rings is 1. The number of fused-ring (bicyclic) bond motifs is 1. The van der Waals surface area contributed by atoms with E-state index >= 15 is 0 Å². The second kappa shape index (κ2) is 3.49. The molecule has 0 radical (unpaired) electrons. The molecule has 2 atom stereocenters. The average Bonchev–Trinajstić information content (AvgIpc) is 2.16. The van der Waals surface area contributed by atoms with Crippen LogP contribution >= 0.6 is 15.9 Å². The molecule has 0 aromatic heterocycles. The minimum atomic E-state index is -0.457. The van der Waals surface area contributed by atoms with Crippen LogP contribution in [-0.2, 0) is 0 Å². The quantitative estimate of drug-likeness (QED) is 0.784. The summed E-state index contributed by atoms with van der Waals surface area (Å²) < 4.78 is 6.84. The molecule has 15 heavy (non-hydrogen) atoms. The SMILES string of the molecule is CC1C(O)c2cc(Br)ccc2OC1(C)C. The summed E-state index contributed by atoms with van der Waals surface area (Å²) in [6.45, 7) is 6.02. The van der Waals surface area contributed by atoms with Crippen LogP contribution in [-0.4, -0.2) is 10.7 Å². The zero-order chi connectivity index (χ0) is 11.2. The Labute approximate surface area is 98.4 Å². The number of rotatable bonds is 0. The number of aliphatic hydroxyl groups is 1. The Kier molecular flexibility index (Phi) is 2.55. The van der Waals surface area contributed by atoms with E-state index in [0.29, 0.717) is 0 Å². The van der Waals surface area contributed by atoms with E-state index in [1.54, 1.807) is 0 Å². The molecule has 0 fully saturated rings. The zero-order valence-corrected chi connectivity index (χ0v) is 10.7. The lowest BCUT2D eigenvalue weighted by atomic mass is 9.82. The van der Waals surface area contributed by atoms with Crippen LogP contribution in [0.2, 0.25) is 0 Å². The van der Waals surface area contributed by atoms with Crippen molar-refractivity contribution in [1.29, 1.82) is 0 Å². The number of hydrogen-bond acceptors (Lipinski definition) is 2. The molecule has 0 amide bonds. The first-order valence-corrected chi connectivity index (χ1v) is 5.87. The van der Waals surface area contributed by atoms with Gasteiger partial charge >= 0.3 is 0 Å². The van der Waals surface area contributed by atoms with Gasteiger partial charge in [0, 0.05) is 16.0 Å². The van der Waals surface area contributed by atoms with Gasteiger partial charge in [-0.1, -0.05) is 22.9 Å². The summed E-state index contributed by atoms with van der Waals surface area (Å²) in [6.07, 6.45) is -0.457. The van der Waals surface area contributed by atoms with Crippen LogP contribution in [0.15, 0.2) is 22.7 Å². The molecule has 0 saturated heterocycles. The molecule has 3 heteroatoms. The Bertz CT molecular complexity index is 387. The van der Waals surface area contributed by atoms with E-state index in [2.05, 4.69) is 15.9 Å². The van der Waals surface area contributed by atoms with Crippen molar-refractivity contribution in [3.63, 3.8) is 0 Å². The van der Waals surface area contributed by atoms with E-state index in [1.807, 2.05) is 39.0 Å². The van der Waals surface area contributed by atoms with E-state index in [1.165, 1.54) is 0 Å². The summed E-state index contributed by atoms with van der Waals surface area (Å²) >= 11 is 3.40. The maximum atomic E-state index is 10.2. The molecule has 2 rings (SSSR count). The molecule has 1 aliphatic heterocycles. The van der Waals surface area contributed by atoms with Gasteiger partial charge in [-0.25, -0.2) is 0 Å². The molecule has 0 aliphatic carbocycles.